The Morgan fingerprint density at radius 1 is 1.20 bits per heavy atom. The van der Waals surface area contributed by atoms with Crippen molar-refractivity contribution in [2.45, 2.75) is 64.4 Å². The number of H-pyrrole nitrogens is 1. The molecule has 3 aromatic rings. The van der Waals surface area contributed by atoms with Gasteiger partial charge in [-0.1, -0.05) is 6.07 Å². The molecule has 1 fully saturated rings. The van der Waals surface area contributed by atoms with Crippen LogP contribution in [0.25, 0.3) is 22.2 Å². The van der Waals surface area contributed by atoms with Crippen molar-refractivity contribution in [3.05, 3.63) is 52.3 Å². The highest BCUT2D eigenvalue weighted by Crippen LogP contribution is 2.38. The average Bonchev–Trinajstić information content (AvgIpc) is 3.45. The molecular formula is C26H29F3N4O2. The van der Waals surface area contributed by atoms with Gasteiger partial charge >= 0.3 is 6.18 Å². The molecule has 9 heteroatoms. The van der Waals surface area contributed by atoms with E-state index in [1.807, 2.05) is 13.1 Å². The van der Waals surface area contributed by atoms with E-state index in [2.05, 4.69) is 40.4 Å². The molecule has 3 N–H and O–H groups in total. The number of pyridine rings is 1. The van der Waals surface area contributed by atoms with Gasteiger partial charge in [-0.2, -0.15) is 13.2 Å². The lowest BCUT2D eigenvalue weighted by molar-refractivity contribution is -0.250. The number of carbonyl (C=O) groups is 1. The first kappa shape index (κ1) is 23.8. The minimum Gasteiger partial charge on any atom is -0.373 e. The van der Waals surface area contributed by atoms with E-state index in [9.17, 15) is 23.1 Å². The van der Waals surface area contributed by atoms with Crippen LogP contribution < -0.4 is 5.32 Å². The van der Waals surface area contributed by atoms with Crippen LogP contribution in [-0.2, 0) is 17.8 Å². The van der Waals surface area contributed by atoms with Gasteiger partial charge in [0.25, 0.3) is 5.91 Å². The molecule has 0 saturated carbocycles. The zero-order valence-corrected chi connectivity index (χ0v) is 20.0. The topological polar surface area (TPSA) is 81.2 Å². The zero-order chi connectivity index (χ0) is 25.1. The quantitative estimate of drug-likeness (QED) is 0.510. The molecule has 2 aliphatic heterocycles. The van der Waals surface area contributed by atoms with E-state index in [4.69, 9.17) is 0 Å². The Morgan fingerprint density at radius 3 is 2.66 bits per heavy atom. The molecule has 2 atom stereocenters. The molecule has 186 valence electrons. The van der Waals surface area contributed by atoms with E-state index in [-0.39, 0.29) is 19.1 Å². The van der Waals surface area contributed by atoms with Crippen LogP contribution >= 0.6 is 0 Å². The molecule has 2 unspecified atom stereocenters. The Balaban J connectivity index is 1.56. The maximum Gasteiger partial charge on any atom is 0.426 e. The second-order valence-corrected chi connectivity index (χ2v) is 9.89. The van der Waals surface area contributed by atoms with E-state index in [0.717, 1.165) is 74.4 Å². The summed E-state index contributed by atoms with van der Waals surface area (Å²) in [4.78, 5) is 21.7. The maximum atomic E-state index is 13.3. The van der Waals surface area contributed by atoms with Crippen molar-refractivity contribution in [2.75, 3.05) is 13.1 Å². The molecule has 1 amide bonds. The Labute approximate surface area is 201 Å². The first-order chi connectivity index (χ1) is 16.5. The minimum absolute atomic E-state index is 0.0432. The van der Waals surface area contributed by atoms with Crippen LogP contribution in [0.4, 0.5) is 13.2 Å². The van der Waals surface area contributed by atoms with Gasteiger partial charge in [-0.15, -0.1) is 0 Å². The third-order valence-electron chi connectivity index (χ3n) is 7.56. The number of carbonyl (C=O) groups excluding carboxylic acids is 1. The van der Waals surface area contributed by atoms with Crippen molar-refractivity contribution in [3.8, 4) is 11.1 Å². The lowest BCUT2D eigenvalue weighted by atomic mass is 9.86. The van der Waals surface area contributed by atoms with Crippen molar-refractivity contribution in [1.82, 2.24) is 20.2 Å². The lowest BCUT2D eigenvalue weighted by Gasteiger charge is -2.36. The van der Waals surface area contributed by atoms with Crippen molar-refractivity contribution < 1.29 is 23.1 Å². The SMILES string of the molecule is Cc1[nH]c2ncc(-c3cc4c(c(C5CCCN5)c3)CN(C(=O)C(C)(O)C(F)(F)F)CC4)cc2c1C. The smallest absolute Gasteiger partial charge is 0.373 e. The number of aromatic amines is 1. The van der Waals surface area contributed by atoms with Gasteiger partial charge in [-0.05, 0) is 86.5 Å². The molecule has 6 nitrogen and oxygen atoms in total. The molecule has 0 aliphatic carbocycles. The molecule has 1 saturated heterocycles. The Morgan fingerprint density at radius 2 is 1.97 bits per heavy atom. The number of hydrogen-bond acceptors (Lipinski definition) is 4. The van der Waals surface area contributed by atoms with Gasteiger partial charge in [-0.25, -0.2) is 4.98 Å². The van der Waals surface area contributed by atoms with Gasteiger partial charge in [0.1, 0.15) is 5.65 Å². The molecule has 0 bridgehead atoms. The van der Waals surface area contributed by atoms with Gasteiger partial charge in [-0.3, -0.25) is 4.79 Å². The first-order valence-corrected chi connectivity index (χ1v) is 11.9. The number of nitrogens with one attached hydrogen (secondary N) is 2. The molecule has 1 aromatic carbocycles. The number of aliphatic hydroxyl groups is 1. The van der Waals surface area contributed by atoms with Crippen LogP contribution in [-0.4, -0.2) is 50.7 Å². The van der Waals surface area contributed by atoms with E-state index < -0.39 is 17.7 Å². The lowest BCUT2D eigenvalue weighted by Crippen LogP contribution is -2.56. The average molecular weight is 487 g/mol. The predicted molar refractivity (Wildman–Crippen MR) is 127 cm³/mol. The second-order valence-electron chi connectivity index (χ2n) is 9.89. The number of rotatable bonds is 3. The van der Waals surface area contributed by atoms with Crippen molar-refractivity contribution >= 4 is 16.9 Å². The number of aryl methyl sites for hydroxylation is 2. The van der Waals surface area contributed by atoms with Crippen LogP contribution in [0.2, 0.25) is 0 Å². The second kappa shape index (κ2) is 8.34. The molecule has 0 radical (unpaired) electrons. The summed E-state index contributed by atoms with van der Waals surface area (Å²) in [5.41, 5.74) is 4.51. The van der Waals surface area contributed by atoms with Gasteiger partial charge in [0.2, 0.25) is 5.60 Å². The monoisotopic (exact) mass is 486 g/mol. The van der Waals surface area contributed by atoms with E-state index >= 15 is 0 Å². The fourth-order valence-corrected chi connectivity index (χ4v) is 5.21. The van der Waals surface area contributed by atoms with E-state index in [1.165, 1.54) is 0 Å². The van der Waals surface area contributed by atoms with Crippen LogP contribution in [0.5, 0.6) is 0 Å². The highest BCUT2D eigenvalue weighted by atomic mass is 19.4. The minimum atomic E-state index is -5.04. The molecule has 2 aliphatic rings. The third kappa shape index (κ3) is 4.00. The summed E-state index contributed by atoms with van der Waals surface area (Å²) in [5, 5.41) is 14.5. The highest BCUT2D eigenvalue weighted by Gasteiger charge is 2.57. The standard InChI is InChI=1S/C26H29F3N4O2/c1-14-15(2)32-23-19(14)11-18(12-31-23)17-9-16-6-8-33(24(34)25(3,35)26(27,28)29)13-21(16)20(10-17)22-5-4-7-30-22/h9-12,22,30,35H,4-8,13H2,1-3H3,(H,31,32). The number of aromatic nitrogens is 2. The molecular weight excluding hydrogens is 457 g/mol. The molecule has 0 spiro atoms. The fourth-order valence-electron chi connectivity index (χ4n) is 5.21. The summed E-state index contributed by atoms with van der Waals surface area (Å²) in [6.07, 6.45) is -0.864. The summed E-state index contributed by atoms with van der Waals surface area (Å²) in [7, 11) is 0. The molecule has 35 heavy (non-hydrogen) atoms. The van der Waals surface area contributed by atoms with Crippen molar-refractivity contribution in [3.63, 3.8) is 0 Å². The van der Waals surface area contributed by atoms with Crippen molar-refractivity contribution in [2.24, 2.45) is 0 Å². The van der Waals surface area contributed by atoms with Gasteiger partial charge in [0.05, 0.1) is 0 Å². The maximum absolute atomic E-state index is 13.3. The van der Waals surface area contributed by atoms with Crippen LogP contribution in [0, 0.1) is 13.8 Å². The fraction of sp³-hybridized carbons (Fsp3) is 0.462. The first-order valence-electron chi connectivity index (χ1n) is 11.9. The predicted octanol–water partition coefficient (Wildman–Crippen LogP) is 4.47. The van der Waals surface area contributed by atoms with E-state index in [1.54, 1.807) is 0 Å². The van der Waals surface area contributed by atoms with Gasteiger partial charge in [0.15, 0.2) is 0 Å². The number of benzene rings is 1. The van der Waals surface area contributed by atoms with Crippen LogP contribution in [0.15, 0.2) is 24.4 Å². The molecule has 4 heterocycles. The summed E-state index contributed by atoms with van der Waals surface area (Å²) in [6, 6.07) is 6.33. The van der Waals surface area contributed by atoms with E-state index in [0.29, 0.717) is 13.3 Å². The van der Waals surface area contributed by atoms with Crippen molar-refractivity contribution in [1.29, 1.82) is 0 Å². The number of fused-ring (bicyclic) bond motifs is 2. The number of halogens is 3. The molecule has 2 aromatic heterocycles. The third-order valence-corrected chi connectivity index (χ3v) is 7.56. The number of nitrogens with zero attached hydrogens (tertiary/aromatic N) is 2. The largest absolute Gasteiger partial charge is 0.426 e. The normalized spacial score (nSPS) is 20.2. The Kier molecular flexibility index (Phi) is 5.68. The summed E-state index contributed by atoms with van der Waals surface area (Å²) < 4.78 is 40.0. The Bertz CT molecular complexity index is 1310. The Hall–Kier alpha value is -2.91. The number of hydrogen-bond donors (Lipinski definition) is 3. The van der Waals surface area contributed by atoms with Gasteiger partial charge < -0.3 is 20.3 Å². The van der Waals surface area contributed by atoms with Crippen LogP contribution in [0.3, 0.4) is 0 Å². The van der Waals surface area contributed by atoms with Gasteiger partial charge in [0, 0.05) is 42.0 Å². The zero-order valence-electron chi connectivity index (χ0n) is 20.0. The number of amides is 1. The highest BCUT2D eigenvalue weighted by molar-refractivity contribution is 5.87. The summed E-state index contributed by atoms with van der Waals surface area (Å²) in [5.74, 6) is -1.31. The van der Waals surface area contributed by atoms with Crippen LogP contribution in [0.1, 0.15) is 53.8 Å². The summed E-state index contributed by atoms with van der Waals surface area (Å²) in [6.45, 7) is 5.63. The molecule has 5 rings (SSSR count). The number of alkyl halides is 3. The summed E-state index contributed by atoms with van der Waals surface area (Å²) >= 11 is 0.